The lowest BCUT2D eigenvalue weighted by Crippen LogP contribution is -2.39. The smallest absolute Gasteiger partial charge is 0.332 e. The molecule has 1 atom stereocenters. The molecular formula is C13H20N4O3. The Morgan fingerprint density at radius 3 is 3.10 bits per heavy atom. The van der Waals surface area contributed by atoms with Crippen LogP contribution in [0.1, 0.15) is 39.8 Å². The Morgan fingerprint density at radius 1 is 1.60 bits per heavy atom. The number of rotatable bonds is 5. The van der Waals surface area contributed by atoms with Gasteiger partial charge in [-0.25, -0.2) is 9.78 Å². The molecular weight excluding hydrogens is 260 g/mol. The molecule has 0 unspecified atom stereocenters. The van der Waals surface area contributed by atoms with E-state index in [1.54, 1.807) is 0 Å². The molecule has 0 radical (unpaired) electrons. The Bertz CT molecular complexity index is 1080. The van der Waals surface area contributed by atoms with Gasteiger partial charge in [0, 0.05) is 31.5 Å². The van der Waals surface area contributed by atoms with Crippen LogP contribution >= 0.6 is 0 Å². The monoisotopic (exact) mass is 290 g/mol. The minimum Gasteiger partial charge on any atom is -0.393 e. The van der Waals surface area contributed by atoms with E-state index in [-0.39, 0.29) is 12.1 Å². The van der Waals surface area contributed by atoms with Gasteiger partial charge >= 0.3 is 5.69 Å². The molecule has 2 rings (SSSR count). The normalized spacial score (nSPS) is 23.9. The zero-order valence-electron chi connectivity index (χ0n) is 20.7. The van der Waals surface area contributed by atoms with Crippen molar-refractivity contribution in [2.45, 2.75) is 38.7 Å². The molecule has 0 aliphatic carbocycles. The van der Waals surface area contributed by atoms with E-state index >= 15 is 0 Å². The number of fused-ring (bicyclic) bond motifs is 1. The number of hydrogen-bond acceptors (Lipinski definition) is 4. The van der Waals surface area contributed by atoms with Gasteiger partial charge < -0.3 is 9.67 Å². The molecule has 2 aromatic rings. The summed E-state index contributed by atoms with van der Waals surface area (Å²) in [6, 6.07) is 0. The summed E-state index contributed by atoms with van der Waals surface area (Å²) in [4.78, 5) is 28.9. The minimum atomic E-state index is -3.42. The lowest BCUT2D eigenvalue weighted by Gasteiger charge is -2.09. The molecule has 2 aromatic heterocycles. The minimum absolute atomic E-state index is 0.305. The molecule has 0 fully saturated rings. The van der Waals surface area contributed by atoms with Crippen LogP contribution in [0.2, 0.25) is 0 Å². The molecule has 0 bridgehead atoms. The molecule has 1 N–H and O–H groups in total. The van der Waals surface area contributed by atoms with Crippen molar-refractivity contribution in [3.8, 4) is 0 Å². The van der Waals surface area contributed by atoms with E-state index in [9.17, 15) is 14.7 Å². The van der Waals surface area contributed by atoms with Crippen molar-refractivity contribution in [3.05, 3.63) is 27.1 Å². The number of nitrogens with zero attached hydrogens (tertiary/aromatic N) is 4. The second kappa shape index (κ2) is 5.62. The molecule has 0 aliphatic rings. The highest BCUT2D eigenvalue weighted by molar-refractivity contribution is 5.69. The molecule has 0 spiro atoms. The van der Waals surface area contributed by atoms with Crippen molar-refractivity contribution in [2.24, 2.45) is 14.0 Å². The lowest BCUT2D eigenvalue weighted by atomic mass is 10.2. The van der Waals surface area contributed by atoms with E-state index in [0.717, 1.165) is 4.57 Å². The average molecular weight is 290 g/mol. The van der Waals surface area contributed by atoms with E-state index in [0.29, 0.717) is 9.13 Å². The highest BCUT2D eigenvalue weighted by Gasteiger charge is 2.14. The van der Waals surface area contributed by atoms with Gasteiger partial charge in [-0.3, -0.25) is 13.9 Å². The third-order valence-corrected chi connectivity index (χ3v) is 2.83. The van der Waals surface area contributed by atoms with E-state index in [1.165, 1.54) is 7.05 Å². The van der Waals surface area contributed by atoms with Gasteiger partial charge in [0.1, 0.15) is 1.37 Å². The van der Waals surface area contributed by atoms with Crippen LogP contribution in [0.4, 0.5) is 0 Å². The maximum Gasteiger partial charge on any atom is 0.332 e. The molecule has 7 nitrogen and oxygen atoms in total. The van der Waals surface area contributed by atoms with Crippen molar-refractivity contribution in [3.63, 3.8) is 0 Å². The molecule has 0 amide bonds. The van der Waals surface area contributed by atoms with Gasteiger partial charge in [-0.05, 0) is 26.1 Å². The molecule has 20 heavy (non-hydrogen) atoms. The summed E-state index contributed by atoms with van der Waals surface area (Å²) >= 11 is 0. The van der Waals surface area contributed by atoms with Gasteiger partial charge in [-0.15, -0.1) is 0 Å². The number of aryl methyl sites for hydroxylation is 2. The van der Waals surface area contributed by atoms with Crippen molar-refractivity contribution < 1.29 is 18.8 Å². The summed E-state index contributed by atoms with van der Waals surface area (Å²) in [5, 5.41) is 9.80. The number of hydrogen-bond donors (Lipinski definition) is 1. The number of imidazole rings is 1. The lowest BCUT2D eigenvalue weighted by molar-refractivity contribution is 0.180. The van der Waals surface area contributed by atoms with Crippen LogP contribution in [0.15, 0.2) is 15.9 Å². The van der Waals surface area contributed by atoms with Crippen LogP contribution in [0.25, 0.3) is 11.2 Å². The summed E-state index contributed by atoms with van der Waals surface area (Å²) in [6.07, 6.45) is -8.06. The Balaban J connectivity index is 2.47. The maximum absolute atomic E-state index is 12.8. The topological polar surface area (TPSA) is 82.1 Å². The largest absolute Gasteiger partial charge is 0.393 e. The third kappa shape index (κ3) is 2.53. The zero-order valence-corrected chi connectivity index (χ0v) is 10.7. The molecule has 2 heterocycles. The Kier molecular flexibility index (Phi) is 1.76. The number of aromatic nitrogens is 4. The van der Waals surface area contributed by atoms with Crippen LogP contribution in [0.5, 0.6) is 0 Å². The second-order valence-corrected chi connectivity index (χ2v) is 4.15. The summed E-state index contributed by atoms with van der Waals surface area (Å²) < 4.78 is 76.4. The molecule has 0 aliphatic heterocycles. The van der Waals surface area contributed by atoms with Gasteiger partial charge in [0.05, 0.1) is 13.8 Å². The molecule has 0 saturated carbocycles. The van der Waals surface area contributed by atoms with Gasteiger partial charge in [0.25, 0.3) is 5.56 Å². The number of aliphatic hydroxyl groups is 1. The van der Waals surface area contributed by atoms with Crippen LogP contribution in [0.3, 0.4) is 0 Å². The summed E-state index contributed by atoms with van der Waals surface area (Å²) in [5.74, 6) is 0. The van der Waals surface area contributed by atoms with E-state index in [4.69, 9.17) is 13.7 Å². The quantitative estimate of drug-likeness (QED) is 0.839. The van der Waals surface area contributed by atoms with Crippen LogP contribution in [-0.4, -0.2) is 29.9 Å². The predicted octanol–water partition coefficient (Wildman–Crippen LogP) is -0.0152. The van der Waals surface area contributed by atoms with Gasteiger partial charge in [0.2, 0.25) is 0 Å². The Labute approximate surface area is 130 Å². The first-order chi connectivity index (χ1) is 13.3. The predicted molar refractivity (Wildman–Crippen MR) is 75.7 cm³/mol. The van der Waals surface area contributed by atoms with Crippen LogP contribution in [-0.2, 0) is 20.6 Å². The zero-order chi connectivity index (χ0) is 23.4. The average Bonchev–Trinajstić information content (AvgIpc) is 2.92. The van der Waals surface area contributed by atoms with Crippen molar-refractivity contribution in [2.75, 3.05) is 0 Å². The SMILES string of the molecule is [2H]c1nc2c(c(=O)n(CCCC([2H])([2H])[C@@]([2H])(O)C([2H])([2H])[2H])c(=O)n2C)n1C([2H])([2H])[2H]. The van der Waals surface area contributed by atoms with E-state index in [1.807, 2.05) is 0 Å². The van der Waals surface area contributed by atoms with Gasteiger partial charge in [-0.2, -0.15) is 0 Å². The fraction of sp³-hybridized carbons (Fsp3) is 0.615. The molecule has 0 aromatic carbocycles. The second-order valence-electron chi connectivity index (χ2n) is 4.15. The van der Waals surface area contributed by atoms with Crippen molar-refractivity contribution in [1.82, 2.24) is 18.7 Å². The molecule has 7 heteroatoms. The van der Waals surface area contributed by atoms with E-state index < -0.39 is 62.3 Å². The van der Waals surface area contributed by atoms with Crippen LogP contribution in [0, 0.1) is 0 Å². The third-order valence-electron chi connectivity index (χ3n) is 2.83. The van der Waals surface area contributed by atoms with Crippen LogP contribution < -0.4 is 11.2 Å². The first kappa shape index (κ1) is 6.26. The highest BCUT2D eigenvalue weighted by Crippen LogP contribution is 2.04. The molecule has 110 valence electrons. The van der Waals surface area contributed by atoms with Gasteiger partial charge in [0.15, 0.2) is 11.2 Å². The summed E-state index contributed by atoms with van der Waals surface area (Å²) in [7, 11) is 1.22. The van der Waals surface area contributed by atoms with E-state index in [2.05, 4.69) is 4.98 Å². The first-order valence-electron chi connectivity index (χ1n) is 10.8. The fourth-order valence-electron chi connectivity index (χ4n) is 1.85. The maximum atomic E-state index is 12.8. The summed E-state index contributed by atoms with van der Waals surface area (Å²) in [5.41, 5.74) is -2.78. The van der Waals surface area contributed by atoms with Gasteiger partial charge in [-0.1, -0.05) is 0 Å². The van der Waals surface area contributed by atoms with Crippen molar-refractivity contribution >= 4 is 11.2 Å². The summed E-state index contributed by atoms with van der Waals surface area (Å²) in [6.45, 7) is -6.70. The highest BCUT2D eigenvalue weighted by atomic mass is 16.3. The Hall–Kier alpha value is -1.89. The molecule has 0 saturated heterocycles. The fourth-order valence-corrected chi connectivity index (χ4v) is 1.85. The van der Waals surface area contributed by atoms with Crippen molar-refractivity contribution in [1.29, 1.82) is 0 Å². The standard InChI is InChI=1S/C13H20N4O3/c1-9(18)6-4-5-7-17-12(19)10-11(14-8-15(10)2)16(3)13(17)20/h8-9,18H,4-7H2,1-3H3/t9-/m0/s1/i1D3,2D3,6D2,8D,9D. The first-order valence-corrected chi connectivity index (χ1v) is 5.76. The Morgan fingerprint density at radius 2 is 2.40 bits per heavy atom.